The number of fused-ring (bicyclic) bond motifs is 1. The van der Waals surface area contributed by atoms with E-state index in [-0.39, 0.29) is 18.0 Å². The van der Waals surface area contributed by atoms with Crippen LogP contribution in [0.4, 0.5) is 15.1 Å². The van der Waals surface area contributed by atoms with Crippen molar-refractivity contribution < 1.29 is 13.9 Å². The molecule has 1 fully saturated rings. The van der Waals surface area contributed by atoms with Crippen molar-refractivity contribution in [3.8, 4) is 0 Å². The third-order valence-corrected chi connectivity index (χ3v) is 5.46. The Morgan fingerprint density at radius 1 is 1.13 bits per heavy atom. The highest BCUT2D eigenvalue weighted by Gasteiger charge is 2.32. The van der Waals surface area contributed by atoms with Gasteiger partial charge in [0.2, 0.25) is 5.95 Å². The van der Waals surface area contributed by atoms with E-state index in [2.05, 4.69) is 9.47 Å². The standard InChI is InChI=1S/C24H29FN4O2/c1-17-15-27(13-14-28(17)23(30)31-24(2,3)4)22-26-20-11-7-8-12-21(20)29(22)16-18-9-5-6-10-19(18)25/h5-12,17H,13-16H2,1-4H3/t17-/m0/s1. The van der Waals surface area contributed by atoms with E-state index < -0.39 is 5.60 Å². The van der Waals surface area contributed by atoms with Crippen molar-refractivity contribution in [3.05, 3.63) is 59.9 Å². The second-order valence-electron chi connectivity index (χ2n) is 9.05. The number of ether oxygens (including phenoxy) is 1. The minimum absolute atomic E-state index is 0.0367. The maximum absolute atomic E-state index is 14.4. The number of carbonyl (C=O) groups is 1. The molecular formula is C24H29FN4O2. The number of hydrogen-bond donors (Lipinski definition) is 0. The molecule has 0 spiro atoms. The molecule has 0 N–H and O–H groups in total. The molecule has 31 heavy (non-hydrogen) atoms. The van der Waals surface area contributed by atoms with Crippen LogP contribution in [0.5, 0.6) is 0 Å². The van der Waals surface area contributed by atoms with Crippen LogP contribution in [-0.2, 0) is 11.3 Å². The maximum Gasteiger partial charge on any atom is 0.410 e. The van der Waals surface area contributed by atoms with Gasteiger partial charge in [0.1, 0.15) is 11.4 Å². The summed E-state index contributed by atoms with van der Waals surface area (Å²) >= 11 is 0. The summed E-state index contributed by atoms with van der Waals surface area (Å²) in [6.45, 7) is 9.82. The zero-order valence-electron chi connectivity index (χ0n) is 18.5. The number of hydrogen-bond acceptors (Lipinski definition) is 4. The average Bonchev–Trinajstić information content (AvgIpc) is 3.07. The number of aromatic nitrogens is 2. The van der Waals surface area contributed by atoms with Crippen LogP contribution in [0.2, 0.25) is 0 Å². The second-order valence-corrected chi connectivity index (χ2v) is 9.05. The van der Waals surface area contributed by atoms with Crippen molar-refractivity contribution in [2.75, 3.05) is 24.5 Å². The lowest BCUT2D eigenvalue weighted by Crippen LogP contribution is -2.55. The van der Waals surface area contributed by atoms with Crippen LogP contribution in [0.25, 0.3) is 11.0 Å². The van der Waals surface area contributed by atoms with E-state index >= 15 is 0 Å². The van der Waals surface area contributed by atoms with Crippen LogP contribution in [-0.4, -0.2) is 51.8 Å². The van der Waals surface area contributed by atoms with Crippen molar-refractivity contribution in [2.45, 2.75) is 45.9 Å². The van der Waals surface area contributed by atoms with Crippen molar-refractivity contribution >= 4 is 23.1 Å². The van der Waals surface area contributed by atoms with E-state index in [9.17, 15) is 9.18 Å². The Labute approximate surface area is 182 Å². The summed E-state index contributed by atoms with van der Waals surface area (Å²) in [5, 5.41) is 0. The largest absolute Gasteiger partial charge is 0.444 e. The van der Waals surface area contributed by atoms with Gasteiger partial charge in [-0.2, -0.15) is 0 Å². The molecule has 2 heterocycles. The van der Waals surface area contributed by atoms with E-state index in [1.54, 1.807) is 17.0 Å². The van der Waals surface area contributed by atoms with Crippen molar-refractivity contribution in [1.29, 1.82) is 0 Å². The molecule has 0 unspecified atom stereocenters. The van der Waals surface area contributed by atoms with Gasteiger partial charge in [-0.3, -0.25) is 0 Å². The number of para-hydroxylation sites is 2. The Kier molecular flexibility index (Phi) is 5.60. The summed E-state index contributed by atoms with van der Waals surface area (Å²) in [4.78, 5) is 21.4. The highest BCUT2D eigenvalue weighted by molar-refractivity contribution is 5.79. The first-order chi connectivity index (χ1) is 14.7. The maximum atomic E-state index is 14.4. The predicted octanol–water partition coefficient (Wildman–Crippen LogP) is 4.67. The van der Waals surface area contributed by atoms with Gasteiger partial charge < -0.3 is 19.1 Å². The Balaban J connectivity index is 1.62. The first kappa shape index (κ1) is 21.2. The van der Waals surface area contributed by atoms with Gasteiger partial charge in [-0.25, -0.2) is 14.2 Å². The lowest BCUT2D eigenvalue weighted by molar-refractivity contribution is 0.0158. The van der Waals surface area contributed by atoms with E-state index in [1.807, 2.05) is 58.0 Å². The Morgan fingerprint density at radius 3 is 2.55 bits per heavy atom. The van der Waals surface area contributed by atoms with Gasteiger partial charge in [0.05, 0.1) is 17.6 Å². The van der Waals surface area contributed by atoms with Crippen molar-refractivity contribution in [1.82, 2.24) is 14.5 Å². The minimum Gasteiger partial charge on any atom is -0.444 e. The van der Waals surface area contributed by atoms with Crippen molar-refractivity contribution in [2.24, 2.45) is 0 Å². The fraction of sp³-hybridized carbons (Fsp3) is 0.417. The molecule has 1 aromatic heterocycles. The average molecular weight is 425 g/mol. The number of piperazine rings is 1. The second kappa shape index (κ2) is 8.21. The normalized spacial score (nSPS) is 17.3. The SMILES string of the molecule is C[C@H]1CN(c2nc3ccccc3n2Cc2ccccc2F)CCN1C(=O)OC(C)(C)C. The van der Waals surface area contributed by atoms with Gasteiger partial charge in [-0.05, 0) is 45.9 Å². The third kappa shape index (κ3) is 4.50. The molecule has 1 aliphatic heterocycles. The molecule has 164 valence electrons. The number of amides is 1. The first-order valence-electron chi connectivity index (χ1n) is 10.7. The molecule has 1 aliphatic rings. The van der Waals surface area contributed by atoms with Gasteiger partial charge >= 0.3 is 6.09 Å². The van der Waals surface area contributed by atoms with Gasteiger partial charge in [0, 0.05) is 31.2 Å². The molecule has 7 heteroatoms. The topological polar surface area (TPSA) is 50.6 Å². The lowest BCUT2D eigenvalue weighted by atomic mass is 10.2. The first-order valence-corrected chi connectivity index (χ1v) is 10.7. The molecule has 3 aromatic rings. The minimum atomic E-state index is -0.526. The summed E-state index contributed by atoms with van der Waals surface area (Å²) in [5.41, 5.74) is 1.92. The fourth-order valence-electron chi connectivity index (χ4n) is 3.99. The van der Waals surface area contributed by atoms with Crippen LogP contribution >= 0.6 is 0 Å². The molecular weight excluding hydrogens is 395 g/mol. The fourth-order valence-corrected chi connectivity index (χ4v) is 3.99. The Hall–Kier alpha value is -3.09. The Morgan fingerprint density at radius 2 is 1.84 bits per heavy atom. The molecule has 0 radical (unpaired) electrons. The number of imidazole rings is 1. The van der Waals surface area contributed by atoms with Crippen LogP contribution in [0.1, 0.15) is 33.3 Å². The van der Waals surface area contributed by atoms with Crippen LogP contribution in [0, 0.1) is 5.82 Å². The molecule has 4 rings (SSSR count). The van der Waals surface area contributed by atoms with Gasteiger partial charge in [0.15, 0.2) is 0 Å². The molecule has 1 saturated heterocycles. The molecule has 0 saturated carbocycles. The van der Waals surface area contributed by atoms with E-state index in [1.165, 1.54) is 6.07 Å². The zero-order chi connectivity index (χ0) is 22.2. The lowest BCUT2D eigenvalue weighted by Gasteiger charge is -2.40. The van der Waals surface area contributed by atoms with E-state index in [4.69, 9.17) is 9.72 Å². The summed E-state index contributed by atoms with van der Waals surface area (Å²) in [7, 11) is 0. The number of carbonyl (C=O) groups excluding carboxylic acids is 1. The predicted molar refractivity (Wildman–Crippen MR) is 120 cm³/mol. The number of anilines is 1. The smallest absolute Gasteiger partial charge is 0.410 e. The summed E-state index contributed by atoms with van der Waals surface area (Å²) in [6, 6.07) is 14.7. The monoisotopic (exact) mass is 424 g/mol. The molecule has 0 aliphatic carbocycles. The molecule has 0 bridgehead atoms. The zero-order valence-corrected chi connectivity index (χ0v) is 18.5. The van der Waals surface area contributed by atoms with Crippen LogP contribution in [0.15, 0.2) is 48.5 Å². The summed E-state index contributed by atoms with van der Waals surface area (Å²) in [5.74, 6) is 0.564. The summed E-state index contributed by atoms with van der Waals surface area (Å²) in [6.07, 6.45) is -0.292. The Bertz CT molecular complexity index is 1090. The summed E-state index contributed by atoms with van der Waals surface area (Å²) < 4.78 is 22.0. The van der Waals surface area contributed by atoms with Gasteiger partial charge in [-0.1, -0.05) is 30.3 Å². The number of benzene rings is 2. The quantitative estimate of drug-likeness (QED) is 0.613. The molecule has 1 amide bonds. The third-order valence-electron chi connectivity index (χ3n) is 5.46. The number of nitrogens with zero attached hydrogens (tertiary/aromatic N) is 4. The highest BCUT2D eigenvalue weighted by Crippen LogP contribution is 2.27. The van der Waals surface area contributed by atoms with Crippen LogP contribution < -0.4 is 4.90 Å². The van der Waals surface area contributed by atoms with Crippen LogP contribution in [0.3, 0.4) is 0 Å². The van der Waals surface area contributed by atoms with Gasteiger partial charge in [-0.15, -0.1) is 0 Å². The molecule has 2 aromatic carbocycles. The van der Waals surface area contributed by atoms with Gasteiger partial charge in [0.25, 0.3) is 0 Å². The van der Waals surface area contributed by atoms with E-state index in [0.717, 1.165) is 17.0 Å². The van der Waals surface area contributed by atoms with Crippen molar-refractivity contribution in [3.63, 3.8) is 0 Å². The highest BCUT2D eigenvalue weighted by atomic mass is 19.1. The number of halogens is 1. The van der Waals surface area contributed by atoms with E-state index in [0.29, 0.717) is 31.7 Å². The molecule has 6 nitrogen and oxygen atoms in total. The number of rotatable bonds is 3. The molecule has 1 atom stereocenters.